The average Bonchev–Trinajstić information content (AvgIpc) is 2.83. The summed E-state index contributed by atoms with van der Waals surface area (Å²) in [4.78, 5) is 5.97. The molecule has 2 rings (SSSR count). The molecule has 1 N–H and O–H groups in total. The fraction of sp³-hybridized carbons (Fsp3) is 0.438. The Hall–Kier alpha value is -1.88. The van der Waals surface area contributed by atoms with Gasteiger partial charge in [-0.25, -0.2) is 9.37 Å². The first kappa shape index (κ1) is 15.5. The predicted octanol–water partition coefficient (Wildman–Crippen LogP) is 3.26. The molecule has 0 bridgehead atoms. The maximum absolute atomic E-state index is 14.5. The number of rotatable bonds is 6. The molecule has 0 spiro atoms. The second-order valence-electron chi connectivity index (χ2n) is 5.50. The number of hydrogen-bond donors (Lipinski definition) is 1. The zero-order chi connectivity index (χ0) is 15.4. The van der Waals surface area contributed by atoms with Gasteiger partial charge >= 0.3 is 0 Å². The van der Waals surface area contributed by atoms with Crippen molar-refractivity contribution in [3.63, 3.8) is 0 Å². The number of furan rings is 1. The normalized spacial score (nSPS) is 11.1. The van der Waals surface area contributed by atoms with Crippen LogP contribution in [0.5, 0.6) is 0 Å². The lowest BCUT2D eigenvalue weighted by Crippen LogP contribution is -2.24. The summed E-state index contributed by atoms with van der Waals surface area (Å²) >= 11 is 0. The number of anilines is 1. The average molecular weight is 291 g/mol. The standard InChI is InChI=1S/C16H22FN3O/c1-11(2)19-9-13-5-7-18-16(15(13)17)20(4)10-14-6-8-21-12(14)3/h5-8,11,19H,9-10H2,1-4H3. The van der Waals surface area contributed by atoms with Gasteiger partial charge in [0.1, 0.15) is 5.76 Å². The maximum atomic E-state index is 14.5. The second-order valence-corrected chi connectivity index (χ2v) is 5.50. The van der Waals surface area contributed by atoms with Gasteiger partial charge in [0.05, 0.1) is 6.26 Å². The molecule has 114 valence electrons. The predicted molar refractivity (Wildman–Crippen MR) is 81.7 cm³/mol. The van der Waals surface area contributed by atoms with Gasteiger partial charge in [-0.15, -0.1) is 0 Å². The second kappa shape index (κ2) is 6.72. The van der Waals surface area contributed by atoms with Crippen molar-refractivity contribution in [1.29, 1.82) is 0 Å². The van der Waals surface area contributed by atoms with E-state index in [1.807, 2.05) is 33.9 Å². The van der Waals surface area contributed by atoms with Crippen LogP contribution in [0.4, 0.5) is 10.2 Å². The molecule has 0 unspecified atom stereocenters. The van der Waals surface area contributed by atoms with Gasteiger partial charge in [0.2, 0.25) is 0 Å². The van der Waals surface area contributed by atoms with Crippen molar-refractivity contribution < 1.29 is 8.81 Å². The van der Waals surface area contributed by atoms with Crippen LogP contribution in [-0.4, -0.2) is 18.1 Å². The van der Waals surface area contributed by atoms with Crippen LogP contribution in [0.2, 0.25) is 0 Å². The largest absolute Gasteiger partial charge is 0.469 e. The summed E-state index contributed by atoms with van der Waals surface area (Å²) in [6.07, 6.45) is 3.29. The Labute approximate surface area is 125 Å². The summed E-state index contributed by atoms with van der Waals surface area (Å²) in [6.45, 7) is 7.03. The summed E-state index contributed by atoms with van der Waals surface area (Å²) in [7, 11) is 1.83. The first-order valence-electron chi connectivity index (χ1n) is 7.10. The molecule has 0 amide bonds. The molecule has 0 atom stereocenters. The molecule has 21 heavy (non-hydrogen) atoms. The van der Waals surface area contributed by atoms with Crippen molar-refractivity contribution in [1.82, 2.24) is 10.3 Å². The minimum Gasteiger partial charge on any atom is -0.469 e. The lowest BCUT2D eigenvalue weighted by atomic mass is 10.2. The molecule has 0 aromatic carbocycles. The maximum Gasteiger partial charge on any atom is 0.170 e. The van der Waals surface area contributed by atoms with Crippen molar-refractivity contribution in [2.75, 3.05) is 11.9 Å². The third-order valence-corrected chi connectivity index (χ3v) is 3.39. The van der Waals surface area contributed by atoms with E-state index in [1.54, 1.807) is 23.4 Å². The molecule has 4 nitrogen and oxygen atoms in total. The van der Waals surface area contributed by atoms with E-state index in [9.17, 15) is 4.39 Å². The first-order chi connectivity index (χ1) is 9.99. The van der Waals surface area contributed by atoms with E-state index in [2.05, 4.69) is 10.3 Å². The fourth-order valence-electron chi connectivity index (χ4n) is 2.09. The molecule has 0 saturated carbocycles. The minimum absolute atomic E-state index is 0.269. The van der Waals surface area contributed by atoms with Crippen molar-refractivity contribution in [3.05, 3.63) is 47.3 Å². The van der Waals surface area contributed by atoms with E-state index in [0.29, 0.717) is 30.5 Å². The molecule has 2 heterocycles. The molecular formula is C16H22FN3O. The van der Waals surface area contributed by atoms with Crippen molar-refractivity contribution in [2.45, 2.75) is 39.9 Å². The first-order valence-corrected chi connectivity index (χ1v) is 7.10. The number of halogens is 1. The number of nitrogens with zero attached hydrogens (tertiary/aromatic N) is 2. The number of aromatic nitrogens is 1. The van der Waals surface area contributed by atoms with Gasteiger partial charge in [-0.3, -0.25) is 0 Å². The monoisotopic (exact) mass is 291 g/mol. The molecule has 2 aromatic heterocycles. The van der Waals surface area contributed by atoms with Crippen LogP contribution in [0.3, 0.4) is 0 Å². The summed E-state index contributed by atoms with van der Waals surface area (Å²) in [5.74, 6) is 0.938. The van der Waals surface area contributed by atoms with E-state index in [0.717, 1.165) is 11.3 Å². The Morgan fingerprint density at radius 1 is 1.33 bits per heavy atom. The number of aryl methyl sites for hydroxylation is 1. The molecule has 0 aliphatic rings. The van der Waals surface area contributed by atoms with Crippen molar-refractivity contribution >= 4 is 5.82 Å². The van der Waals surface area contributed by atoms with E-state index in [1.165, 1.54) is 0 Å². The van der Waals surface area contributed by atoms with E-state index >= 15 is 0 Å². The minimum atomic E-state index is -0.269. The Kier molecular flexibility index (Phi) is 4.96. The van der Waals surface area contributed by atoms with Crippen molar-refractivity contribution in [3.8, 4) is 0 Å². The van der Waals surface area contributed by atoms with E-state index < -0.39 is 0 Å². The quantitative estimate of drug-likeness (QED) is 0.887. The Morgan fingerprint density at radius 2 is 2.10 bits per heavy atom. The zero-order valence-corrected chi connectivity index (χ0v) is 13.0. The topological polar surface area (TPSA) is 41.3 Å². The van der Waals surface area contributed by atoms with E-state index in [4.69, 9.17) is 4.42 Å². The van der Waals surface area contributed by atoms with Gasteiger partial charge in [-0.05, 0) is 19.1 Å². The Balaban J connectivity index is 2.15. The third-order valence-electron chi connectivity index (χ3n) is 3.39. The highest BCUT2D eigenvalue weighted by Gasteiger charge is 2.15. The Morgan fingerprint density at radius 3 is 2.71 bits per heavy atom. The highest BCUT2D eigenvalue weighted by molar-refractivity contribution is 5.43. The summed E-state index contributed by atoms with van der Waals surface area (Å²) in [6, 6.07) is 3.92. The third kappa shape index (κ3) is 3.82. The summed E-state index contributed by atoms with van der Waals surface area (Å²) < 4.78 is 19.8. The van der Waals surface area contributed by atoms with Crippen LogP contribution >= 0.6 is 0 Å². The molecule has 0 saturated heterocycles. The molecule has 0 aliphatic heterocycles. The van der Waals surface area contributed by atoms with Gasteiger partial charge in [-0.2, -0.15) is 0 Å². The van der Waals surface area contributed by atoms with Gasteiger partial charge in [0.25, 0.3) is 0 Å². The molecule has 0 fully saturated rings. The summed E-state index contributed by atoms with van der Waals surface area (Å²) in [5.41, 5.74) is 1.66. The molecule has 0 aliphatic carbocycles. The highest BCUT2D eigenvalue weighted by atomic mass is 19.1. The molecule has 0 radical (unpaired) electrons. The van der Waals surface area contributed by atoms with Crippen LogP contribution in [0, 0.1) is 12.7 Å². The smallest absolute Gasteiger partial charge is 0.170 e. The lowest BCUT2D eigenvalue weighted by molar-refractivity contribution is 0.528. The van der Waals surface area contributed by atoms with Crippen LogP contribution in [0.25, 0.3) is 0 Å². The van der Waals surface area contributed by atoms with Crippen LogP contribution < -0.4 is 10.2 Å². The number of hydrogen-bond acceptors (Lipinski definition) is 4. The van der Waals surface area contributed by atoms with E-state index in [-0.39, 0.29) is 5.82 Å². The lowest BCUT2D eigenvalue weighted by Gasteiger charge is -2.20. The molecular weight excluding hydrogens is 269 g/mol. The van der Waals surface area contributed by atoms with Crippen molar-refractivity contribution in [2.24, 2.45) is 0 Å². The van der Waals surface area contributed by atoms with Crippen LogP contribution in [0.1, 0.15) is 30.7 Å². The SMILES string of the molecule is Cc1occc1CN(C)c1nccc(CNC(C)C)c1F. The van der Waals surface area contributed by atoms with Crippen LogP contribution in [0.15, 0.2) is 29.0 Å². The van der Waals surface area contributed by atoms with Gasteiger partial charge < -0.3 is 14.6 Å². The fourth-order valence-corrected chi connectivity index (χ4v) is 2.09. The van der Waals surface area contributed by atoms with Gasteiger partial charge in [0, 0.05) is 43.5 Å². The highest BCUT2D eigenvalue weighted by Crippen LogP contribution is 2.21. The van der Waals surface area contributed by atoms with Gasteiger partial charge in [-0.1, -0.05) is 13.8 Å². The number of pyridine rings is 1. The zero-order valence-electron chi connectivity index (χ0n) is 13.0. The molecule has 2 aromatic rings. The van der Waals surface area contributed by atoms with Crippen LogP contribution in [-0.2, 0) is 13.1 Å². The summed E-state index contributed by atoms with van der Waals surface area (Å²) in [5, 5.41) is 3.22. The molecule has 5 heteroatoms. The Bertz CT molecular complexity index is 595. The number of nitrogens with one attached hydrogen (secondary N) is 1. The van der Waals surface area contributed by atoms with Gasteiger partial charge in [0.15, 0.2) is 11.6 Å².